The first kappa shape index (κ1) is 10.0. The van der Waals surface area contributed by atoms with Crippen LogP contribution in [-0.2, 0) is 4.57 Å². The van der Waals surface area contributed by atoms with Crippen LogP contribution in [0.4, 0.5) is 0 Å². The van der Waals surface area contributed by atoms with Gasteiger partial charge in [0.1, 0.15) is 0 Å². The summed E-state index contributed by atoms with van der Waals surface area (Å²) >= 11 is 0. The fourth-order valence-corrected chi connectivity index (χ4v) is 1.52. The van der Waals surface area contributed by atoms with Crippen LogP contribution in [0.3, 0.4) is 0 Å². The summed E-state index contributed by atoms with van der Waals surface area (Å²) in [4.78, 5) is 0. The predicted molar refractivity (Wildman–Crippen MR) is 44.1 cm³/mol. The van der Waals surface area contributed by atoms with Crippen molar-refractivity contribution in [1.29, 1.82) is 0 Å². The summed E-state index contributed by atoms with van der Waals surface area (Å²) in [6.07, 6.45) is 0. The first-order chi connectivity index (χ1) is 4.52. The Labute approximate surface area is 63.5 Å². The average molecular weight is 163 g/mol. The van der Waals surface area contributed by atoms with Gasteiger partial charge in [-0.2, -0.15) is 0 Å². The van der Waals surface area contributed by atoms with Gasteiger partial charge in [0.15, 0.2) is 0 Å². The highest BCUT2D eigenvalue weighted by Crippen LogP contribution is 2.09. The SMILES string of the molecule is CC(C)N[P+](=O)NC(C)C. The maximum absolute atomic E-state index is 11.0. The van der Waals surface area contributed by atoms with Crippen LogP contribution in [0.5, 0.6) is 0 Å². The van der Waals surface area contributed by atoms with E-state index in [1.54, 1.807) is 0 Å². The summed E-state index contributed by atoms with van der Waals surface area (Å²) in [7, 11) is -1.41. The number of hydrogen-bond acceptors (Lipinski definition) is 1. The van der Waals surface area contributed by atoms with Gasteiger partial charge < -0.3 is 0 Å². The van der Waals surface area contributed by atoms with Gasteiger partial charge in [-0.25, -0.2) is 0 Å². The molecule has 2 N–H and O–H groups in total. The molecule has 0 saturated heterocycles. The molecule has 0 radical (unpaired) electrons. The van der Waals surface area contributed by atoms with Crippen LogP contribution >= 0.6 is 8.10 Å². The molecule has 0 rings (SSSR count). The first-order valence-corrected chi connectivity index (χ1v) is 4.78. The highest BCUT2D eigenvalue weighted by Gasteiger charge is 2.17. The molecule has 3 nitrogen and oxygen atoms in total. The molecule has 0 unspecified atom stereocenters. The van der Waals surface area contributed by atoms with Gasteiger partial charge in [-0.05, 0) is 32.3 Å². The number of nitrogens with one attached hydrogen (secondary N) is 2. The normalized spacial score (nSPS) is 11.0. The molecule has 0 saturated carbocycles. The molecule has 0 amide bonds. The third-order valence-corrected chi connectivity index (χ3v) is 2.25. The molecule has 10 heavy (non-hydrogen) atoms. The van der Waals surface area contributed by atoms with E-state index in [1.807, 2.05) is 27.7 Å². The second kappa shape index (κ2) is 4.78. The lowest BCUT2D eigenvalue weighted by Gasteiger charge is -1.98. The fraction of sp³-hybridized carbons (Fsp3) is 1.00. The molecular formula is C6H16N2OP+. The lowest BCUT2D eigenvalue weighted by molar-refractivity contribution is 0.553. The monoisotopic (exact) mass is 163 g/mol. The van der Waals surface area contributed by atoms with E-state index in [-0.39, 0.29) is 12.1 Å². The summed E-state index contributed by atoms with van der Waals surface area (Å²) in [6, 6.07) is 0.546. The largest absolute Gasteiger partial charge is 0.532 e. The fourth-order valence-electron chi connectivity index (χ4n) is 0.506. The highest BCUT2D eigenvalue weighted by atomic mass is 31.1. The van der Waals surface area contributed by atoms with Crippen LogP contribution in [0.2, 0.25) is 0 Å². The number of hydrogen-bond donors (Lipinski definition) is 2. The second-order valence-corrected chi connectivity index (χ2v) is 3.97. The van der Waals surface area contributed by atoms with Crippen molar-refractivity contribution >= 4 is 8.10 Å². The molecule has 0 fully saturated rings. The van der Waals surface area contributed by atoms with Crippen molar-refractivity contribution in [1.82, 2.24) is 10.2 Å². The Balaban J connectivity index is 3.44. The Morgan fingerprint density at radius 1 is 1.00 bits per heavy atom. The van der Waals surface area contributed by atoms with E-state index in [0.29, 0.717) is 0 Å². The molecule has 0 aliphatic heterocycles. The van der Waals surface area contributed by atoms with Gasteiger partial charge in [0.2, 0.25) is 0 Å². The van der Waals surface area contributed by atoms with Crippen LogP contribution in [0, 0.1) is 0 Å². The Hall–Kier alpha value is 0.0200. The van der Waals surface area contributed by atoms with Crippen LogP contribution in [0.25, 0.3) is 0 Å². The van der Waals surface area contributed by atoms with E-state index >= 15 is 0 Å². The molecule has 0 aromatic rings. The average Bonchev–Trinajstić information content (AvgIpc) is 1.58. The van der Waals surface area contributed by atoms with Gasteiger partial charge in [0.05, 0.1) is 0 Å². The Morgan fingerprint density at radius 3 is 1.50 bits per heavy atom. The van der Waals surface area contributed by atoms with Crippen molar-refractivity contribution in [3.63, 3.8) is 0 Å². The molecule has 0 bridgehead atoms. The van der Waals surface area contributed by atoms with Crippen molar-refractivity contribution in [2.24, 2.45) is 0 Å². The lowest BCUT2D eigenvalue weighted by Crippen LogP contribution is -2.24. The Kier molecular flexibility index (Phi) is 4.79. The zero-order valence-electron chi connectivity index (χ0n) is 7.01. The van der Waals surface area contributed by atoms with E-state index in [4.69, 9.17) is 0 Å². The van der Waals surface area contributed by atoms with Crippen molar-refractivity contribution in [2.45, 2.75) is 39.8 Å². The van der Waals surface area contributed by atoms with Crippen LogP contribution in [0.15, 0.2) is 0 Å². The summed E-state index contributed by atoms with van der Waals surface area (Å²) in [5.74, 6) is 0. The molecule has 4 heteroatoms. The van der Waals surface area contributed by atoms with Gasteiger partial charge in [-0.15, -0.1) is 0 Å². The lowest BCUT2D eigenvalue weighted by atomic mass is 10.4. The third-order valence-electron chi connectivity index (χ3n) is 0.751. The zero-order valence-corrected chi connectivity index (χ0v) is 7.90. The van der Waals surface area contributed by atoms with Crippen LogP contribution in [-0.4, -0.2) is 12.1 Å². The molecule has 60 valence electrons. The van der Waals surface area contributed by atoms with Crippen molar-refractivity contribution < 1.29 is 4.57 Å². The van der Waals surface area contributed by atoms with E-state index < -0.39 is 8.10 Å². The van der Waals surface area contributed by atoms with Crippen molar-refractivity contribution in [2.75, 3.05) is 0 Å². The number of rotatable bonds is 4. The Morgan fingerprint density at radius 2 is 1.30 bits per heavy atom. The first-order valence-electron chi connectivity index (χ1n) is 3.52. The minimum absolute atomic E-state index is 0.273. The van der Waals surface area contributed by atoms with E-state index in [0.717, 1.165) is 0 Å². The zero-order chi connectivity index (χ0) is 8.15. The molecule has 0 aliphatic carbocycles. The summed E-state index contributed by atoms with van der Waals surface area (Å²) in [5.41, 5.74) is 0. The van der Waals surface area contributed by atoms with Gasteiger partial charge in [-0.1, -0.05) is 10.2 Å². The predicted octanol–water partition coefficient (Wildman–Crippen LogP) is 1.64. The standard InChI is InChI=1S/C6H16N2OP/c1-5(2)7-10(9)8-6(3)4/h5-6H,1-4H3,(H2,7,8,9)/q+1. The van der Waals surface area contributed by atoms with Crippen molar-refractivity contribution in [3.05, 3.63) is 0 Å². The van der Waals surface area contributed by atoms with E-state index in [9.17, 15) is 4.57 Å². The van der Waals surface area contributed by atoms with Gasteiger partial charge >= 0.3 is 8.10 Å². The van der Waals surface area contributed by atoms with E-state index in [2.05, 4.69) is 10.2 Å². The minimum Gasteiger partial charge on any atom is -0.0889 e. The molecular weight excluding hydrogens is 147 g/mol. The molecule has 0 aliphatic rings. The molecule has 0 heterocycles. The Bertz CT molecular complexity index is 102. The maximum atomic E-state index is 11.0. The van der Waals surface area contributed by atoms with Crippen LogP contribution in [0.1, 0.15) is 27.7 Å². The van der Waals surface area contributed by atoms with Crippen molar-refractivity contribution in [3.8, 4) is 0 Å². The van der Waals surface area contributed by atoms with E-state index in [1.165, 1.54) is 0 Å². The summed E-state index contributed by atoms with van der Waals surface area (Å²) < 4.78 is 11.0. The second-order valence-electron chi connectivity index (χ2n) is 2.86. The van der Waals surface area contributed by atoms with Gasteiger partial charge in [0, 0.05) is 12.1 Å². The quantitative estimate of drug-likeness (QED) is 0.619. The minimum atomic E-state index is -1.41. The molecule has 0 aromatic heterocycles. The summed E-state index contributed by atoms with van der Waals surface area (Å²) in [5, 5.41) is 5.74. The third kappa shape index (κ3) is 6.14. The topological polar surface area (TPSA) is 41.1 Å². The highest BCUT2D eigenvalue weighted by molar-refractivity contribution is 7.40. The van der Waals surface area contributed by atoms with Gasteiger partial charge in [-0.3, -0.25) is 0 Å². The summed E-state index contributed by atoms with van der Waals surface area (Å²) in [6.45, 7) is 7.87. The molecule has 0 spiro atoms. The molecule has 0 aromatic carbocycles. The van der Waals surface area contributed by atoms with Crippen LogP contribution < -0.4 is 10.2 Å². The maximum Gasteiger partial charge on any atom is 0.532 e. The molecule has 0 atom stereocenters. The smallest absolute Gasteiger partial charge is 0.0889 e. The van der Waals surface area contributed by atoms with Gasteiger partial charge in [0.25, 0.3) is 0 Å².